The highest BCUT2D eigenvalue weighted by Gasteiger charge is 2.49. The second-order valence-corrected chi connectivity index (χ2v) is 10.8. The van der Waals surface area contributed by atoms with Gasteiger partial charge in [-0.2, -0.15) is 12.8 Å². The molecule has 8 heteroatoms. The zero-order valence-electron chi connectivity index (χ0n) is 18.5. The third kappa shape index (κ3) is 4.04. The van der Waals surface area contributed by atoms with Crippen LogP contribution >= 0.6 is 0 Å². The van der Waals surface area contributed by atoms with E-state index >= 15 is 0 Å². The minimum Gasteiger partial charge on any atom is -0.391 e. The van der Waals surface area contributed by atoms with Gasteiger partial charge in [0.05, 0.1) is 17.2 Å². The van der Waals surface area contributed by atoms with E-state index in [2.05, 4.69) is 25.2 Å². The van der Waals surface area contributed by atoms with Gasteiger partial charge in [-0.15, -0.1) is 0 Å². The number of quaternary nitrogens is 1. The normalized spacial score (nSPS) is 24.6. The summed E-state index contributed by atoms with van der Waals surface area (Å²) in [5, 5.41) is 20.9. The zero-order valence-corrected chi connectivity index (χ0v) is 19.3. The highest BCUT2D eigenvalue weighted by molar-refractivity contribution is 7.90. The molecular weight excluding hydrogens is 428 g/mol. The summed E-state index contributed by atoms with van der Waals surface area (Å²) < 4.78 is 36.2. The third-order valence-corrected chi connectivity index (χ3v) is 7.27. The first-order valence-electron chi connectivity index (χ1n) is 10.7. The summed E-state index contributed by atoms with van der Waals surface area (Å²) in [6, 6.07) is 13.7. The molecule has 0 aromatic heterocycles. The lowest BCUT2D eigenvalue weighted by Crippen LogP contribution is -3.14. The number of fused-ring (bicyclic) bond motifs is 3. The molecule has 2 atom stereocenters. The molecule has 3 N–H and O–H groups in total. The Kier molecular flexibility index (Phi) is 5.85. The van der Waals surface area contributed by atoms with Crippen LogP contribution in [-0.2, 0) is 26.0 Å². The molecule has 1 aliphatic heterocycles. The molecule has 2 aliphatic rings. The molecule has 2 unspecified atom stereocenters. The molecule has 0 saturated carbocycles. The number of rotatable bonds is 4. The van der Waals surface area contributed by atoms with Crippen LogP contribution in [0, 0.1) is 0 Å². The maximum absolute atomic E-state index is 13.2. The molecule has 32 heavy (non-hydrogen) atoms. The van der Waals surface area contributed by atoms with Gasteiger partial charge in [0.25, 0.3) is 15.8 Å². The fourth-order valence-corrected chi connectivity index (χ4v) is 5.19. The van der Waals surface area contributed by atoms with Gasteiger partial charge < -0.3 is 14.9 Å². The fourth-order valence-electron chi connectivity index (χ4n) is 4.19. The number of nitrogens with zero attached hydrogens (tertiary/aromatic N) is 1. The van der Waals surface area contributed by atoms with Gasteiger partial charge in [-0.3, -0.25) is 4.90 Å². The molecular formula is C24H29N2O5S+. The predicted octanol–water partition coefficient (Wildman–Crippen LogP) is 1.11. The first-order valence-corrected chi connectivity index (χ1v) is 12.1. The van der Waals surface area contributed by atoms with Gasteiger partial charge in [0.1, 0.15) is 19.7 Å². The number of nitrogens with one attached hydrogen (secondary N) is 1. The summed E-state index contributed by atoms with van der Waals surface area (Å²) in [6.07, 6.45) is 1.58. The van der Waals surface area contributed by atoms with Crippen molar-refractivity contribution in [2.45, 2.75) is 36.9 Å². The van der Waals surface area contributed by atoms with Crippen molar-refractivity contribution < 1.29 is 28.3 Å². The molecule has 1 saturated heterocycles. The number of aliphatic hydroxyl groups is 2. The molecule has 2 aromatic carbocycles. The molecule has 1 fully saturated rings. The molecule has 4 rings (SSSR count). The minimum atomic E-state index is -3.99. The Bertz CT molecular complexity index is 1180. The Balaban J connectivity index is 1.82. The predicted molar refractivity (Wildman–Crippen MR) is 121 cm³/mol. The minimum absolute atomic E-state index is 0.0741. The molecule has 0 bridgehead atoms. The summed E-state index contributed by atoms with van der Waals surface area (Å²) in [7, 11) is -3.99. The Morgan fingerprint density at radius 2 is 1.81 bits per heavy atom. The topological polar surface area (TPSA) is 101 Å². The Morgan fingerprint density at radius 3 is 2.47 bits per heavy atom. The van der Waals surface area contributed by atoms with Crippen LogP contribution < -0.4 is 4.90 Å². The van der Waals surface area contributed by atoms with Crippen LogP contribution in [0.25, 0.3) is 0 Å². The highest BCUT2D eigenvalue weighted by atomic mass is 32.2. The van der Waals surface area contributed by atoms with Gasteiger partial charge in [-0.05, 0) is 23.1 Å². The summed E-state index contributed by atoms with van der Waals surface area (Å²) in [4.78, 5) is 0.935. The average Bonchev–Trinajstić information content (AvgIpc) is 2.75. The van der Waals surface area contributed by atoms with Crippen molar-refractivity contribution in [1.29, 1.82) is 0 Å². The second-order valence-electron chi connectivity index (χ2n) is 9.15. The SMILES string of the molecule is CC(C)(C)c1ccc(S(=O)(=O)N=C2C=C3[NH+](CCO)CCOC3(O)c3ccccc32)cc1. The average molecular weight is 458 g/mol. The summed E-state index contributed by atoms with van der Waals surface area (Å²) in [5.41, 5.74) is 2.57. The van der Waals surface area contributed by atoms with E-state index in [1.807, 2.05) is 0 Å². The molecule has 0 radical (unpaired) electrons. The Morgan fingerprint density at radius 1 is 1.12 bits per heavy atom. The van der Waals surface area contributed by atoms with Gasteiger partial charge in [0.15, 0.2) is 5.70 Å². The highest BCUT2D eigenvalue weighted by Crippen LogP contribution is 2.37. The maximum Gasteiger partial charge on any atom is 0.282 e. The summed E-state index contributed by atoms with van der Waals surface area (Å²) >= 11 is 0. The smallest absolute Gasteiger partial charge is 0.282 e. The largest absolute Gasteiger partial charge is 0.391 e. The number of benzene rings is 2. The van der Waals surface area contributed by atoms with Crippen molar-refractivity contribution in [2.24, 2.45) is 4.40 Å². The van der Waals surface area contributed by atoms with Crippen molar-refractivity contribution >= 4 is 15.7 Å². The molecule has 2 aromatic rings. The van der Waals surface area contributed by atoms with E-state index in [1.54, 1.807) is 54.6 Å². The van der Waals surface area contributed by atoms with E-state index in [1.165, 1.54) is 0 Å². The maximum atomic E-state index is 13.2. The van der Waals surface area contributed by atoms with Crippen molar-refractivity contribution in [3.63, 3.8) is 0 Å². The van der Waals surface area contributed by atoms with Gasteiger partial charge in [0, 0.05) is 17.2 Å². The van der Waals surface area contributed by atoms with Gasteiger partial charge in [-0.1, -0.05) is 57.2 Å². The molecule has 7 nitrogen and oxygen atoms in total. The van der Waals surface area contributed by atoms with Gasteiger partial charge in [-0.25, -0.2) is 0 Å². The van der Waals surface area contributed by atoms with Crippen LogP contribution in [0.3, 0.4) is 0 Å². The number of hydrogen-bond acceptors (Lipinski definition) is 5. The Hall–Kier alpha value is -2.36. The first-order chi connectivity index (χ1) is 15.1. The number of ether oxygens (including phenoxy) is 1. The van der Waals surface area contributed by atoms with Crippen LogP contribution in [0.2, 0.25) is 0 Å². The van der Waals surface area contributed by atoms with Gasteiger partial charge in [0.2, 0.25) is 0 Å². The van der Waals surface area contributed by atoms with E-state index in [4.69, 9.17) is 4.74 Å². The third-order valence-electron chi connectivity index (χ3n) is 5.96. The Labute approximate surface area is 188 Å². The van der Waals surface area contributed by atoms with Crippen LogP contribution in [-0.4, -0.2) is 50.6 Å². The van der Waals surface area contributed by atoms with Crippen molar-refractivity contribution in [3.8, 4) is 0 Å². The van der Waals surface area contributed by atoms with Crippen molar-refractivity contribution in [3.05, 3.63) is 77.0 Å². The molecule has 1 aliphatic carbocycles. The number of allylic oxidation sites excluding steroid dienone is 1. The lowest BCUT2D eigenvalue weighted by Gasteiger charge is -2.41. The van der Waals surface area contributed by atoms with Crippen molar-refractivity contribution in [2.75, 3.05) is 26.3 Å². The van der Waals surface area contributed by atoms with Crippen molar-refractivity contribution in [1.82, 2.24) is 0 Å². The lowest BCUT2D eigenvalue weighted by molar-refractivity contribution is -0.882. The van der Waals surface area contributed by atoms with Gasteiger partial charge >= 0.3 is 0 Å². The van der Waals surface area contributed by atoms with E-state index < -0.39 is 15.8 Å². The molecule has 0 amide bonds. The molecule has 1 heterocycles. The van der Waals surface area contributed by atoms with Crippen LogP contribution in [0.5, 0.6) is 0 Å². The van der Waals surface area contributed by atoms with E-state index in [9.17, 15) is 18.6 Å². The number of sulfonamides is 1. The molecule has 170 valence electrons. The van der Waals surface area contributed by atoms with E-state index in [-0.39, 0.29) is 22.6 Å². The van der Waals surface area contributed by atoms with E-state index in [0.717, 1.165) is 10.5 Å². The van der Waals surface area contributed by atoms with Crippen LogP contribution in [0.1, 0.15) is 37.5 Å². The summed E-state index contributed by atoms with van der Waals surface area (Å²) in [6.45, 7) is 7.35. The standard InChI is InChI=1S/C24H28N2O5S/c1-23(2,3)17-8-10-18(11-9-17)32(29,30)25-21-16-22-24(28,20-7-5-4-6-19(20)21)31-15-13-26(22)12-14-27/h4-11,16,27-28H,12-15H2,1-3H3/p+1. The quantitative estimate of drug-likeness (QED) is 0.639. The second kappa shape index (κ2) is 8.20. The van der Waals surface area contributed by atoms with Crippen LogP contribution in [0.15, 0.2) is 69.6 Å². The summed E-state index contributed by atoms with van der Waals surface area (Å²) in [5.74, 6) is -1.68. The zero-order chi connectivity index (χ0) is 23.1. The van der Waals surface area contributed by atoms with Crippen LogP contribution in [0.4, 0.5) is 0 Å². The first kappa shape index (κ1) is 22.8. The number of aliphatic hydroxyl groups excluding tert-OH is 1. The number of hydrogen-bond donors (Lipinski definition) is 3. The number of morpholine rings is 1. The van der Waals surface area contributed by atoms with E-state index in [0.29, 0.717) is 36.5 Å². The lowest BCUT2D eigenvalue weighted by atomic mass is 9.86. The molecule has 0 spiro atoms. The monoisotopic (exact) mass is 457 g/mol. The fraction of sp³-hybridized carbons (Fsp3) is 0.375.